The van der Waals surface area contributed by atoms with Crippen molar-refractivity contribution in [3.05, 3.63) is 23.8 Å². The molecule has 0 fully saturated rings. The molecule has 0 bridgehead atoms. The van der Waals surface area contributed by atoms with Crippen molar-refractivity contribution in [3.63, 3.8) is 0 Å². The molecule has 0 aliphatic rings. The summed E-state index contributed by atoms with van der Waals surface area (Å²) in [4.78, 5) is 16.3. The molecule has 21 heavy (non-hydrogen) atoms. The van der Waals surface area contributed by atoms with Gasteiger partial charge in [-0.05, 0) is 30.0 Å². The number of anilines is 1. The molecule has 4 nitrogen and oxygen atoms in total. The van der Waals surface area contributed by atoms with Gasteiger partial charge < -0.3 is 10.1 Å². The van der Waals surface area contributed by atoms with Gasteiger partial charge in [-0.15, -0.1) is 0 Å². The number of ether oxygens (including phenoxy) is 1. The average Bonchev–Trinajstić information content (AvgIpc) is 2.85. The zero-order chi connectivity index (χ0) is 15.2. The van der Waals surface area contributed by atoms with Gasteiger partial charge >= 0.3 is 5.97 Å². The summed E-state index contributed by atoms with van der Waals surface area (Å²) in [5.74, 6) is 0.196. The summed E-state index contributed by atoms with van der Waals surface area (Å²) in [6, 6.07) is 5.94. The smallest absolute Gasteiger partial charge is 0.310 e. The molecule has 1 aromatic carbocycles. The Kier molecular flexibility index (Phi) is 5.56. The number of rotatable bonds is 7. The first kappa shape index (κ1) is 15.8. The van der Waals surface area contributed by atoms with Crippen LogP contribution in [0.25, 0.3) is 10.2 Å². The van der Waals surface area contributed by atoms with E-state index in [2.05, 4.69) is 17.2 Å². The van der Waals surface area contributed by atoms with Gasteiger partial charge in [-0.3, -0.25) is 4.79 Å². The number of aromatic nitrogens is 1. The Morgan fingerprint density at radius 3 is 2.95 bits per heavy atom. The third-order valence-electron chi connectivity index (χ3n) is 2.91. The zero-order valence-electron chi connectivity index (χ0n) is 12.8. The van der Waals surface area contributed by atoms with Crippen LogP contribution < -0.4 is 5.32 Å². The van der Waals surface area contributed by atoms with E-state index in [1.807, 2.05) is 32.0 Å². The Balaban J connectivity index is 2.02. The van der Waals surface area contributed by atoms with Crippen molar-refractivity contribution >= 4 is 32.7 Å². The number of nitrogens with zero attached hydrogens (tertiary/aromatic N) is 1. The summed E-state index contributed by atoms with van der Waals surface area (Å²) < 4.78 is 6.31. The fourth-order valence-electron chi connectivity index (χ4n) is 1.86. The van der Waals surface area contributed by atoms with E-state index >= 15 is 0 Å². The summed E-state index contributed by atoms with van der Waals surface area (Å²) in [7, 11) is 0. The molecule has 0 spiro atoms. The molecule has 0 aliphatic carbocycles. The fourth-order valence-corrected chi connectivity index (χ4v) is 2.82. The average molecular weight is 306 g/mol. The fraction of sp³-hybridized carbons (Fsp3) is 0.500. The maximum Gasteiger partial charge on any atom is 0.310 e. The molecule has 2 rings (SSSR count). The van der Waals surface area contributed by atoms with Gasteiger partial charge in [-0.2, -0.15) is 0 Å². The van der Waals surface area contributed by atoms with Gasteiger partial charge in [-0.25, -0.2) is 4.98 Å². The Morgan fingerprint density at radius 1 is 1.43 bits per heavy atom. The minimum Gasteiger partial charge on any atom is -0.465 e. The first-order valence-electron chi connectivity index (χ1n) is 7.37. The molecule has 0 amide bonds. The summed E-state index contributed by atoms with van der Waals surface area (Å²) in [5.41, 5.74) is 1.94. The minimum atomic E-state index is -0.170. The second kappa shape index (κ2) is 7.41. The number of hydrogen-bond acceptors (Lipinski definition) is 5. The van der Waals surface area contributed by atoms with E-state index in [-0.39, 0.29) is 5.97 Å². The highest BCUT2D eigenvalue weighted by Crippen LogP contribution is 2.27. The van der Waals surface area contributed by atoms with Crippen LogP contribution >= 0.6 is 11.3 Å². The molecular formula is C16H22N2O2S. The summed E-state index contributed by atoms with van der Waals surface area (Å²) in [6.45, 7) is 7.59. The number of carbonyl (C=O) groups is 1. The first-order chi connectivity index (χ1) is 10.1. The van der Waals surface area contributed by atoms with Gasteiger partial charge in [-0.1, -0.05) is 38.2 Å². The number of fused-ring (bicyclic) bond motifs is 1. The third kappa shape index (κ3) is 4.70. The second-order valence-corrected chi connectivity index (χ2v) is 6.53. The van der Waals surface area contributed by atoms with Crippen molar-refractivity contribution in [1.82, 2.24) is 4.98 Å². The molecule has 5 heteroatoms. The van der Waals surface area contributed by atoms with Gasteiger partial charge in [0.15, 0.2) is 5.13 Å². The maximum absolute atomic E-state index is 11.8. The molecule has 114 valence electrons. The first-order valence-corrected chi connectivity index (χ1v) is 8.19. The van der Waals surface area contributed by atoms with Crippen LogP contribution in [0, 0.1) is 5.92 Å². The van der Waals surface area contributed by atoms with Crippen LogP contribution in [0.15, 0.2) is 18.2 Å². The van der Waals surface area contributed by atoms with Crippen molar-refractivity contribution in [1.29, 1.82) is 0 Å². The molecule has 0 atom stereocenters. The number of esters is 1. The Labute approximate surface area is 129 Å². The van der Waals surface area contributed by atoms with Crippen LogP contribution in [0.3, 0.4) is 0 Å². The van der Waals surface area contributed by atoms with Crippen molar-refractivity contribution < 1.29 is 9.53 Å². The van der Waals surface area contributed by atoms with Crippen LogP contribution in [0.4, 0.5) is 5.13 Å². The zero-order valence-corrected chi connectivity index (χ0v) is 13.6. The van der Waals surface area contributed by atoms with Gasteiger partial charge in [0.1, 0.15) is 0 Å². The highest BCUT2D eigenvalue weighted by Gasteiger charge is 2.09. The van der Waals surface area contributed by atoms with Crippen LogP contribution in [0.2, 0.25) is 0 Å². The highest BCUT2D eigenvalue weighted by molar-refractivity contribution is 7.22. The lowest BCUT2D eigenvalue weighted by Gasteiger charge is -2.06. The molecule has 0 radical (unpaired) electrons. The van der Waals surface area contributed by atoms with Crippen molar-refractivity contribution in [3.8, 4) is 0 Å². The SMILES string of the molecule is CCCNc1nc2ccc(CC(=O)OCC(C)C)cc2s1. The number of carbonyl (C=O) groups excluding carboxylic acids is 1. The predicted molar refractivity (Wildman–Crippen MR) is 87.9 cm³/mol. The Hall–Kier alpha value is -1.62. The van der Waals surface area contributed by atoms with Crippen LogP contribution in [-0.4, -0.2) is 24.1 Å². The van der Waals surface area contributed by atoms with E-state index in [9.17, 15) is 4.79 Å². The van der Waals surface area contributed by atoms with Crippen LogP contribution in [-0.2, 0) is 16.0 Å². The monoisotopic (exact) mass is 306 g/mol. The van der Waals surface area contributed by atoms with E-state index in [0.29, 0.717) is 18.9 Å². The topological polar surface area (TPSA) is 51.2 Å². The molecule has 0 aliphatic heterocycles. The standard InChI is InChI=1S/C16H22N2O2S/c1-4-7-17-16-18-13-6-5-12(8-14(13)21-16)9-15(19)20-10-11(2)3/h5-6,8,11H,4,7,9-10H2,1-3H3,(H,17,18). The second-order valence-electron chi connectivity index (χ2n) is 5.50. The molecule has 2 aromatic rings. The summed E-state index contributed by atoms with van der Waals surface area (Å²) in [6.07, 6.45) is 1.39. The van der Waals surface area contributed by atoms with E-state index in [1.54, 1.807) is 11.3 Å². The molecule has 1 aromatic heterocycles. The molecule has 0 saturated heterocycles. The van der Waals surface area contributed by atoms with E-state index in [4.69, 9.17) is 4.74 Å². The van der Waals surface area contributed by atoms with Crippen molar-refractivity contribution in [2.24, 2.45) is 5.92 Å². The van der Waals surface area contributed by atoms with Crippen LogP contribution in [0.5, 0.6) is 0 Å². The van der Waals surface area contributed by atoms with Crippen LogP contribution in [0.1, 0.15) is 32.8 Å². The molecule has 0 saturated carbocycles. The lowest BCUT2D eigenvalue weighted by Crippen LogP contribution is -2.12. The highest BCUT2D eigenvalue weighted by atomic mass is 32.1. The number of benzene rings is 1. The number of hydrogen-bond donors (Lipinski definition) is 1. The molecule has 1 N–H and O–H groups in total. The Morgan fingerprint density at radius 2 is 2.24 bits per heavy atom. The van der Waals surface area contributed by atoms with Gasteiger partial charge in [0, 0.05) is 6.54 Å². The van der Waals surface area contributed by atoms with Crippen molar-refractivity contribution in [2.45, 2.75) is 33.6 Å². The van der Waals surface area contributed by atoms with Crippen molar-refractivity contribution in [2.75, 3.05) is 18.5 Å². The third-order valence-corrected chi connectivity index (χ3v) is 3.88. The number of thiazole rings is 1. The van der Waals surface area contributed by atoms with E-state index in [0.717, 1.165) is 33.9 Å². The molecular weight excluding hydrogens is 284 g/mol. The normalized spacial score (nSPS) is 11.0. The molecule has 0 unspecified atom stereocenters. The van der Waals surface area contributed by atoms with Gasteiger partial charge in [0.05, 0.1) is 23.2 Å². The lowest BCUT2D eigenvalue weighted by atomic mass is 10.1. The lowest BCUT2D eigenvalue weighted by molar-refractivity contribution is -0.143. The summed E-state index contributed by atoms with van der Waals surface area (Å²) >= 11 is 1.62. The molecule has 1 heterocycles. The van der Waals surface area contributed by atoms with E-state index < -0.39 is 0 Å². The maximum atomic E-state index is 11.8. The summed E-state index contributed by atoms with van der Waals surface area (Å²) in [5, 5.41) is 4.23. The minimum absolute atomic E-state index is 0.170. The predicted octanol–water partition coefficient (Wildman–Crippen LogP) is 3.86. The number of nitrogens with one attached hydrogen (secondary N) is 1. The van der Waals surface area contributed by atoms with Gasteiger partial charge in [0.2, 0.25) is 0 Å². The largest absolute Gasteiger partial charge is 0.465 e. The van der Waals surface area contributed by atoms with Gasteiger partial charge in [0.25, 0.3) is 0 Å². The Bertz CT molecular complexity index is 607. The quantitative estimate of drug-likeness (QED) is 0.789. The van der Waals surface area contributed by atoms with E-state index in [1.165, 1.54) is 0 Å².